The van der Waals surface area contributed by atoms with E-state index >= 15 is 0 Å². The summed E-state index contributed by atoms with van der Waals surface area (Å²) in [5.41, 5.74) is 0.856. The number of ether oxygens (including phenoxy) is 2. The van der Waals surface area contributed by atoms with Crippen LogP contribution in [0.25, 0.3) is 0 Å². The number of aryl methyl sites for hydroxylation is 1. The maximum atomic E-state index is 12.7. The number of hydrogen-bond donors (Lipinski definition) is 1. The van der Waals surface area contributed by atoms with Gasteiger partial charge in [0, 0.05) is 23.9 Å². The number of thiophene rings is 1. The molecule has 130 valence electrons. The molecule has 0 radical (unpaired) electrons. The average molecular weight is 359 g/mol. The second-order valence-electron chi connectivity index (χ2n) is 6.28. The lowest BCUT2D eigenvalue weighted by Crippen LogP contribution is -2.29. The molecule has 2 aliphatic rings. The Morgan fingerprint density at radius 2 is 1.96 bits per heavy atom. The first-order chi connectivity index (χ1) is 12.0. The minimum absolute atomic E-state index is 0.104. The Hall–Kier alpha value is -2.54. The SMILES string of the molecule is Cc1ccc(C(=O)N2C[C@H](C(=O)O)[C@@H](c3ccc4c(c3)OCO4)C2)s1. The van der Waals surface area contributed by atoms with Crippen molar-refractivity contribution in [3.63, 3.8) is 0 Å². The summed E-state index contributed by atoms with van der Waals surface area (Å²) >= 11 is 1.43. The predicted octanol–water partition coefficient (Wildman–Crippen LogP) is 2.73. The van der Waals surface area contributed by atoms with Gasteiger partial charge in [0.1, 0.15) is 0 Å². The largest absolute Gasteiger partial charge is 0.481 e. The summed E-state index contributed by atoms with van der Waals surface area (Å²) < 4.78 is 10.7. The minimum Gasteiger partial charge on any atom is -0.481 e. The zero-order valence-corrected chi connectivity index (χ0v) is 14.4. The van der Waals surface area contributed by atoms with Crippen molar-refractivity contribution in [2.75, 3.05) is 19.9 Å². The van der Waals surface area contributed by atoms with Crippen molar-refractivity contribution < 1.29 is 24.2 Å². The van der Waals surface area contributed by atoms with Crippen molar-refractivity contribution in [1.82, 2.24) is 4.90 Å². The van der Waals surface area contributed by atoms with Crippen molar-refractivity contribution in [2.45, 2.75) is 12.8 Å². The second kappa shape index (κ2) is 6.07. The van der Waals surface area contributed by atoms with Crippen molar-refractivity contribution >= 4 is 23.2 Å². The van der Waals surface area contributed by atoms with Crippen LogP contribution in [0.2, 0.25) is 0 Å². The first-order valence-corrected chi connectivity index (χ1v) is 8.82. The summed E-state index contributed by atoms with van der Waals surface area (Å²) in [5.74, 6) is -0.605. The molecule has 2 aromatic rings. The lowest BCUT2D eigenvalue weighted by atomic mass is 9.89. The van der Waals surface area contributed by atoms with Crippen LogP contribution in [0.5, 0.6) is 11.5 Å². The van der Waals surface area contributed by atoms with E-state index in [0.29, 0.717) is 22.9 Å². The summed E-state index contributed by atoms with van der Waals surface area (Å²) in [4.78, 5) is 27.8. The van der Waals surface area contributed by atoms with Crippen LogP contribution in [0, 0.1) is 12.8 Å². The molecule has 1 N–H and O–H groups in total. The van der Waals surface area contributed by atoms with E-state index in [0.717, 1.165) is 10.4 Å². The molecule has 1 saturated heterocycles. The Balaban J connectivity index is 1.61. The van der Waals surface area contributed by atoms with Crippen molar-refractivity contribution in [3.05, 3.63) is 45.6 Å². The summed E-state index contributed by atoms with van der Waals surface area (Å²) in [5, 5.41) is 9.62. The first-order valence-electron chi connectivity index (χ1n) is 8.01. The zero-order valence-electron chi connectivity index (χ0n) is 13.6. The highest BCUT2D eigenvalue weighted by molar-refractivity contribution is 7.13. The molecule has 0 bridgehead atoms. The van der Waals surface area contributed by atoms with E-state index in [1.807, 2.05) is 25.1 Å². The second-order valence-corrected chi connectivity index (χ2v) is 7.57. The molecule has 0 saturated carbocycles. The number of amides is 1. The van der Waals surface area contributed by atoms with Crippen LogP contribution >= 0.6 is 11.3 Å². The van der Waals surface area contributed by atoms with Gasteiger partial charge in [-0.15, -0.1) is 11.3 Å². The highest BCUT2D eigenvalue weighted by Gasteiger charge is 2.41. The molecule has 2 aliphatic heterocycles. The van der Waals surface area contributed by atoms with E-state index in [9.17, 15) is 14.7 Å². The predicted molar refractivity (Wildman–Crippen MR) is 91.4 cm³/mol. The minimum atomic E-state index is -0.889. The van der Waals surface area contributed by atoms with Gasteiger partial charge in [0.25, 0.3) is 5.91 Å². The van der Waals surface area contributed by atoms with E-state index in [1.54, 1.807) is 17.0 Å². The lowest BCUT2D eigenvalue weighted by Gasteiger charge is -2.16. The molecule has 0 aliphatic carbocycles. The Labute approximate surface area is 148 Å². The fourth-order valence-corrected chi connectivity index (χ4v) is 4.24. The highest BCUT2D eigenvalue weighted by atomic mass is 32.1. The van der Waals surface area contributed by atoms with Gasteiger partial charge in [0.2, 0.25) is 6.79 Å². The van der Waals surface area contributed by atoms with Crippen LogP contribution < -0.4 is 9.47 Å². The van der Waals surface area contributed by atoms with Gasteiger partial charge in [0.15, 0.2) is 11.5 Å². The van der Waals surface area contributed by atoms with E-state index in [2.05, 4.69) is 0 Å². The Morgan fingerprint density at radius 3 is 2.68 bits per heavy atom. The molecule has 1 aromatic heterocycles. The smallest absolute Gasteiger partial charge is 0.308 e. The van der Waals surface area contributed by atoms with Crippen LogP contribution in [-0.4, -0.2) is 41.8 Å². The molecule has 4 rings (SSSR count). The number of carboxylic acid groups (broad SMARTS) is 1. The Bertz CT molecular complexity index is 846. The number of benzene rings is 1. The molecule has 6 nitrogen and oxygen atoms in total. The molecule has 0 spiro atoms. The quantitative estimate of drug-likeness (QED) is 0.912. The van der Waals surface area contributed by atoms with Gasteiger partial charge < -0.3 is 19.5 Å². The monoisotopic (exact) mass is 359 g/mol. The van der Waals surface area contributed by atoms with E-state index in [4.69, 9.17) is 9.47 Å². The number of carbonyl (C=O) groups is 2. The molecule has 0 unspecified atom stereocenters. The first kappa shape index (κ1) is 16.0. The number of hydrogen-bond acceptors (Lipinski definition) is 5. The molecule has 3 heterocycles. The molecule has 1 aromatic carbocycles. The summed E-state index contributed by atoms with van der Waals surface area (Å²) in [6.45, 7) is 2.71. The number of carbonyl (C=O) groups excluding carboxylic acids is 1. The maximum Gasteiger partial charge on any atom is 0.308 e. The van der Waals surface area contributed by atoms with Crippen molar-refractivity contribution in [2.24, 2.45) is 5.92 Å². The van der Waals surface area contributed by atoms with Gasteiger partial charge in [-0.3, -0.25) is 9.59 Å². The van der Waals surface area contributed by atoms with Crippen LogP contribution in [0.1, 0.15) is 26.0 Å². The zero-order chi connectivity index (χ0) is 17.6. The molecule has 1 amide bonds. The molecule has 7 heteroatoms. The van der Waals surface area contributed by atoms with Gasteiger partial charge in [-0.05, 0) is 36.8 Å². The lowest BCUT2D eigenvalue weighted by molar-refractivity contribution is -0.141. The fraction of sp³-hybridized carbons (Fsp3) is 0.333. The fourth-order valence-electron chi connectivity index (χ4n) is 3.41. The van der Waals surface area contributed by atoms with E-state index < -0.39 is 11.9 Å². The van der Waals surface area contributed by atoms with Crippen LogP contribution in [-0.2, 0) is 4.79 Å². The van der Waals surface area contributed by atoms with Gasteiger partial charge in [-0.2, -0.15) is 0 Å². The molecule has 25 heavy (non-hydrogen) atoms. The number of fused-ring (bicyclic) bond motifs is 1. The number of likely N-dealkylation sites (tertiary alicyclic amines) is 1. The third kappa shape index (κ3) is 2.84. The molecular formula is C18H17NO5S. The van der Waals surface area contributed by atoms with E-state index in [-0.39, 0.29) is 25.2 Å². The van der Waals surface area contributed by atoms with Crippen molar-refractivity contribution in [1.29, 1.82) is 0 Å². The van der Waals surface area contributed by atoms with Crippen molar-refractivity contribution in [3.8, 4) is 11.5 Å². The number of aliphatic carboxylic acids is 1. The van der Waals surface area contributed by atoms with Crippen LogP contribution in [0.4, 0.5) is 0 Å². The van der Waals surface area contributed by atoms with Crippen LogP contribution in [0.3, 0.4) is 0 Å². The van der Waals surface area contributed by atoms with Gasteiger partial charge in [0.05, 0.1) is 10.8 Å². The molecule has 1 fully saturated rings. The molecular weight excluding hydrogens is 342 g/mol. The van der Waals surface area contributed by atoms with Crippen LogP contribution in [0.15, 0.2) is 30.3 Å². The normalized spacial score (nSPS) is 21.6. The maximum absolute atomic E-state index is 12.7. The third-order valence-corrected chi connectivity index (χ3v) is 5.69. The standard InChI is InChI=1S/C18H17NO5S/c1-10-2-5-16(25-10)17(20)19-7-12(13(8-19)18(21)22)11-3-4-14-15(6-11)24-9-23-14/h2-6,12-13H,7-9H2,1H3,(H,21,22)/t12-,13+/m1/s1. The summed E-state index contributed by atoms with van der Waals surface area (Å²) in [7, 11) is 0. The third-order valence-electron chi connectivity index (χ3n) is 4.70. The Morgan fingerprint density at radius 1 is 1.16 bits per heavy atom. The Kier molecular flexibility index (Phi) is 3.88. The molecule has 2 atom stereocenters. The topological polar surface area (TPSA) is 76.1 Å². The van der Waals surface area contributed by atoms with Gasteiger partial charge in [-0.25, -0.2) is 0 Å². The highest BCUT2D eigenvalue weighted by Crippen LogP contribution is 2.39. The van der Waals surface area contributed by atoms with E-state index in [1.165, 1.54) is 11.3 Å². The number of carboxylic acids is 1. The number of nitrogens with zero attached hydrogens (tertiary/aromatic N) is 1. The summed E-state index contributed by atoms with van der Waals surface area (Å²) in [6.07, 6.45) is 0. The van der Waals surface area contributed by atoms with Gasteiger partial charge in [-0.1, -0.05) is 6.07 Å². The van der Waals surface area contributed by atoms with Gasteiger partial charge >= 0.3 is 5.97 Å². The average Bonchev–Trinajstić information content (AvgIpc) is 3.32. The number of rotatable bonds is 3. The summed E-state index contributed by atoms with van der Waals surface area (Å²) in [6, 6.07) is 9.18.